The number of carbonyl (C=O) groups is 1. The molecule has 9 nitrogen and oxygen atoms in total. The number of anilines is 3. The Morgan fingerprint density at radius 2 is 1.76 bits per heavy atom. The molecule has 2 amide bonds. The average Bonchev–Trinajstić information content (AvgIpc) is 2.82. The predicted octanol–water partition coefficient (Wildman–Crippen LogP) is 6.00. The highest BCUT2D eigenvalue weighted by Crippen LogP contribution is 2.39. The van der Waals surface area contributed by atoms with Gasteiger partial charge in [-0.1, -0.05) is 29.3 Å². The Kier molecular flexibility index (Phi) is 7.97. The van der Waals surface area contributed by atoms with Crippen LogP contribution in [0.15, 0.2) is 54.7 Å². The number of fused-ring (bicyclic) bond motifs is 1. The summed E-state index contributed by atoms with van der Waals surface area (Å²) in [6.45, 7) is 6.53. The molecule has 0 aliphatic carbocycles. The van der Waals surface area contributed by atoms with Crippen LogP contribution in [0.3, 0.4) is 0 Å². The van der Waals surface area contributed by atoms with Crippen molar-refractivity contribution in [2.24, 2.45) is 5.73 Å². The maximum Gasteiger partial charge on any atom is 0.320 e. The van der Waals surface area contributed by atoms with Crippen LogP contribution in [0.25, 0.3) is 22.2 Å². The molecule has 0 bridgehead atoms. The SMILES string of the molecule is CC(C)(C)NC(=O)Nc1nc2nc(Nc3ccc(OCCN)cc3)ncc2cc1-c1c(Cl)cccc1Cl. The van der Waals surface area contributed by atoms with Gasteiger partial charge in [-0.15, -0.1) is 0 Å². The summed E-state index contributed by atoms with van der Waals surface area (Å²) >= 11 is 13.0. The first-order valence-corrected chi connectivity index (χ1v) is 12.3. The number of pyridine rings is 1. The maximum absolute atomic E-state index is 12.7. The summed E-state index contributed by atoms with van der Waals surface area (Å²) < 4.78 is 5.50. The Labute approximate surface area is 224 Å². The third-order valence-electron chi connectivity index (χ3n) is 5.02. The van der Waals surface area contributed by atoms with E-state index in [2.05, 4.69) is 30.9 Å². The predicted molar refractivity (Wildman–Crippen MR) is 149 cm³/mol. The van der Waals surface area contributed by atoms with Gasteiger partial charge in [-0.2, -0.15) is 4.98 Å². The van der Waals surface area contributed by atoms with Crippen LogP contribution in [-0.4, -0.2) is 39.7 Å². The molecule has 2 aromatic carbocycles. The van der Waals surface area contributed by atoms with E-state index in [1.54, 1.807) is 30.5 Å². The Morgan fingerprint density at radius 1 is 1.05 bits per heavy atom. The van der Waals surface area contributed by atoms with Crippen LogP contribution in [0, 0.1) is 0 Å². The summed E-state index contributed by atoms with van der Waals surface area (Å²) in [5.41, 5.74) is 7.26. The quantitative estimate of drug-likeness (QED) is 0.226. The highest BCUT2D eigenvalue weighted by atomic mass is 35.5. The molecule has 5 N–H and O–H groups in total. The number of nitrogens with zero attached hydrogens (tertiary/aromatic N) is 3. The van der Waals surface area contributed by atoms with Gasteiger partial charge in [0, 0.05) is 40.5 Å². The van der Waals surface area contributed by atoms with Crippen molar-refractivity contribution in [3.63, 3.8) is 0 Å². The zero-order valence-electron chi connectivity index (χ0n) is 20.6. The number of nitrogens with two attached hydrogens (primary N) is 1. The molecule has 0 unspecified atom stereocenters. The Balaban J connectivity index is 1.71. The van der Waals surface area contributed by atoms with Crippen molar-refractivity contribution in [3.8, 4) is 16.9 Å². The van der Waals surface area contributed by atoms with Gasteiger partial charge in [0.2, 0.25) is 5.95 Å². The van der Waals surface area contributed by atoms with Gasteiger partial charge < -0.3 is 21.1 Å². The topological polar surface area (TPSA) is 127 Å². The molecule has 11 heteroatoms. The van der Waals surface area contributed by atoms with Crippen LogP contribution in [-0.2, 0) is 0 Å². The minimum absolute atomic E-state index is 0.260. The summed E-state index contributed by atoms with van der Waals surface area (Å²) in [6.07, 6.45) is 1.64. The van der Waals surface area contributed by atoms with E-state index in [1.165, 1.54) is 0 Å². The zero-order valence-corrected chi connectivity index (χ0v) is 22.1. The lowest BCUT2D eigenvalue weighted by Crippen LogP contribution is -2.43. The molecule has 0 radical (unpaired) electrons. The van der Waals surface area contributed by atoms with Crippen LogP contribution in [0.4, 0.5) is 22.2 Å². The lowest BCUT2D eigenvalue weighted by Gasteiger charge is -2.21. The molecule has 0 fully saturated rings. The first-order valence-electron chi connectivity index (χ1n) is 11.5. The molecule has 0 atom stereocenters. The van der Waals surface area contributed by atoms with Gasteiger partial charge in [0.25, 0.3) is 0 Å². The number of aromatic nitrogens is 3. The number of halogens is 2. The summed E-state index contributed by atoms with van der Waals surface area (Å²) in [4.78, 5) is 26.3. The van der Waals surface area contributed by atoms with Gasteiger partial charge in [-0.05, 0) is 63.2 Å². The fraction of sp³-hybridized carbons (Fsp3) is 0.231. The summed E-state index contributed by atoms with van der Waals surface area (Å²) in [5, 5.41) is 10.3. The minimum atomic E-state index is -0.451. The largest absolute Gasteiger partial charge is 0.492 e. The van der Waals surface area contributed by atoms with Crippen molar-refractivity contribution in [3.05, 3.63) is 64.8 Å². The first kappa shape index (κ1) is 26.4. The van der Waals surface area contributed by atoms with Gasteiger partial charge in [0.05, 0.1) is 10.0 Å². The monoisotopic (exact) mass is 539 g/mol. The van der Waals surface area contributed by atoms with Crippen LogP contribution < -0.4 is 26.4 Å². The maximum atomic E-state index is 12.7. The number of rotatable bonds is 7. The average molecular weight is 540 g/mol. The third kappa shape index (κ3) is 6.76. The first-order chi connectivity index (χ1) is 17.6. The molecular weight excluding hydrogens is 513 g/mol. The van der Waals surface area contributed by atoms with Crippen molar-refractivity contribution in [1.82, 2.24) is 20.3 Å². The van der Waals surface area contributed by atoms with Gasteiger partial charge in [-0.25, -0.2) is 14.8 Å². The molecule has 0 spiro atoms. The second-order valence-electron chi connectivity index (χ2n) is 9.20. The normalized spacial score (nSPS) is 11.3. The van der Waals surface area contributed by atoms with E-state index in [0.717, 1.165) is 5.69 Å². The fourth-order valence-corrected chi connectivity index (χ4v) is 4.09. The van der Waals surface area contributed by atoms with E-state index >= 15 is 0 Å². The molecule has 4 rings (SSSR count). The number of hydrogen-bond acceptors (Lipinski definition) is 7. The Bertz CT molecular complexity index is 1400. The minimum Gasteiger partial charge on any atom is -0.492 e. The van der Waals surface area contributed by atoms with Crippen molar-refractivity contribution < 1.29 is 9.53 Å². The lowest BCUT2D eigenvalue weighted by molar-refractivity contribution is 0.243. The van der Waals surface area contributed by atoms with Gasteiger partial charge in [0.1, 0.15) is 18.2 Å². The van der Waals surface area contributed by atoms with E-state index in [-0.39, 0.29) is 5.82 Å². The number of nitrogens with one attached hydrogen (secondary N) is 3. The van der Waals surface area contributed by atoms with E-state index in [4.69, 9.17) is 33.7 Å². The number of hydrogen-bond donors (Lipinski definition) is 4. The highest BCUT2D eigenvalue weighted by molar-refractivity contribution is 6.39. The van der Waals surface area contributed by atoms with Crippen LogP contribution in [0.1, 0.15) is 20.8 Å². The van der Waals surface area contributed by atoms with Gasteiger partial charge in [0.15, 0.2) is 5.65 Å². The number of amides is 2. The molecule has 4 aromatic rings. The Hall–Kier alpha value is -3.66. The zero-order chi connectivity index (χ0) is 26.6. The van der Waals surface area contributed by atoms with Crippen LogP contribution in [0.5, 0.6) is 5.75 Å². The third-order valence-corrected chi connectivity index (χ3v) is 5.65. The standard InChI is InChI=1S/C26H27Cl2N7O2/c1-26(2,3)35-25(36)34-23-18(21-19(27)5-4-6-20(21)28)13-15-14-30-24(33-22(15)32-23)31-16-7-9-17(10-8-16)37-12-11-29/h4-10,13-14H,11-12,29H2,1-3H3,(H3,30,31,32,33,34,35,36). The smallest absolute Gasteiger partial charge is 0.320 e. The van der Waals surface area contributed by atoms with Crippen molar-refractivity contribution >= 4 is 57.7 Å². The van der Waals surface area contributed by atoms with E-state index in [9.17, 15) is 4.79 Å². The lowest BCUT2D eigenvalue weighted by atomic mass is 10.0. The molecule has 0 saturated heterocycles. The van der Waals surface area contributed by atoms with Gasteiger partial charge >= 0.3 is 6.03 Å². The molecule has 192 valence electrons. The second kappa shape index (κ2) is 11.2. The van der Waals surface area contributed by atoms with Crippen molar-refractivity contribution in [2.75, 3.05) is 23.8 Å². The van der Waals surface area contributed by atoms with Crippen molar-refractivity contribution in [2.45, 2.75) is 26.3 Å². The highest BCUT2D eigenvalue weighted by Gasteiger charge is 2.20. The van der Waals surface area contributed by atoms with Crippen LogP contribution in [0.2, 0.25) is 10.0 Å². The number of carbonyl (C=O) groups excluding carboxylic acids is 1. The van der Waals surface area contributed by atoms with Crippen molar-refractivity contribution in [1.29, 1.82) is 0 Å². The number of benzene rings is 2. The van der Waals surface area contributed by atoms with Crippen LogP contribution >= 0.6 is 23.2 Å². The molecule has 0 aliphatic rings. The molecular formula is C26H27Cl2N7O2. The molecule has 0 saturated carbocycles. The Morgan fingerprint density at radius 3 is 2.41 bits per heavy atom. The molecule has 2 heterocycles. The molecule has 0 aliphatic heterocycles. The van der Waals surface area contributed by atoms with Gasteiger partial charge in [-0.3, -0.25) is 5.32 Å². The summed E-state index contributed by atoms with van der Waals surface area (Å²) in [7, 11) is 0. The second-order valence-corrected chi connectivity index (χ2v) is 10.0. The summed E-state index contributed by atoms with van der Waals surface area (Å²) in [6, 6.07) is 13.9. The molecule has 2 aromatic heterocycles. The van der Waals surface area contributed by atoms with E-state index in [1.807, 2.05) is 45.0 Å². The number of ether oxygens (including phenoxy) is 1. The van der Waals surface area contributed by atoms with E-state index < -0.39 is 11.6 Å². The summed E-state index contributed by atoms with van der Waals surface area (Å²) in [5.74, 6) is 1.31. The molecule has 37 heavy (non-hydrogen) atoms. The number of urea groups is 1. The fourth-order valence-electron chi connectivity index (χ4n) is 3.48. The van der Waals surface area contributed by atoms with E-state index in [0.29, 0.717) is 57.1 Å².